The molecular weight excluding hydrogens is 493 g/mol. The van der Waals surface area contributed by atoms with E-state index in [1.807, 2.05) is 27.2 Å². The molecule has 0 radical (unpaired) electrons. The molecule has 0 aromatic heterocycles. The number of phosphoric ester groups is 1. The third-order valence-electron chi connectivity index (χ3n) is 5.15. The van der Waals surface area contributed by atoms with Crippen LogP contribution < -0.4 is 0 Å². The third-order valence-corrected chi connectivity index (χ3v) is 6.14. The van der Waals surface area contributed by atoms with Crippen LogP contribution >= 0.6 is 7.82 Å². The molecule has 0 spiro atoms. The van der Waals surface area contributed by atoms with Gasteiger partial charge in [0, 0.05) is 6.42 Å². The van der Waals surface area contributed by atoms with Crippen LogP contribution in [0.2, 0.25) is 0 Å². The monoisotopic (exact) mass is 544 g/mol. The first kappa shape index (κ1) is 35.5. The fourth-order valence-electron chi connectivity index (χ4n) is 2.94. The summed E-state index contributed by atoms with van der Waals surface area (Å²) in [5.74, 6) is -0.489. The van der Waals surface area contributed by atoms with E-state index in [9.17, 15) is 19.4 Å². The van der Waals surface area contributed by atoms with Crippen LogP contribution in [0.4, 0.5) is 0 Å². The molecule has 214 valence electrons. The highest BCUT2D eigenvalue weighted by Gasteiger charge is 2.25. The maximum atomic E-state index is 12.0. The summed E-state index contributed by atoms with van der Waals surface area (Å²) < 4.78 is 27.4. The van der Waals surface area contributed by atoms with Crippen LogP contribution in [0.15, 0.2) is 48.6 Å². The minimum Gasteiger partial charge on any atom is -0.457 e. The van der Waals surface area contributed by atoms with Crippen molar-refractivity contribution >= 4 is 13.8 Å². The Balaban J connectivity index is 3.91. The lowest BCUT2D eigenvalue weighted by molar-refractivity contribution is -0.870. The Bertz CT molecular complexity index is 741. The SMILES string of the molecule is CCCCC/C=C\C/C=C\C/C=C\C/C=C\CCCC(=O)O[C@@H](CO)COP(=O)(O)OCC[N+](C)(C)C. The van der Waals surface area contributed by atoms with Crippen LogP contribution in [0.25, 0.3) is 0 Å². The van der Waals surface area contributed by atoms with E-state index in [2.05, 4.69) is 49.5 Å². The second-order valence-corrected chi connectivity index (χ2v) is 11.3. The van der Waals surface area contributed by atoms with Gasteiger partial charge in [-0.05, 0) is 44.9 Å². The summed E-state index contributed by atoms with van der Waals surface area (Å²) in [6.07, 6.45) is 25.5. The number of hydrogen-bond donors (Lipinski definition) is 2. The number of allylic oxidation sites excluding steroid dienone is 8. The second-order valence-electron chi connectivity index (χ2n) is 9.89. The Morgan fingerprint density at radius 3 is 1.92 bits per heavy atom. The summed E-state index contributed by atoms with van der Waals surface area (Å²) in [6, 6.07) is 0. The Hall–Kier alpha value is -1.54. The van der Waals surface area contributed by atoms with Crippen molar-refractivity contribution in [2.45, 2.75) is 77.2 Å². The quantitative estimate of drug-likeness (QED) is 0.0545. The van der Waals surface area contributed by atoms with E-state index in [0.717, 1.165) is 25.7 Å². The van der Waals surface area contributed by atoms with Gasteiger partial charge in [0.15, 0.2) is 0 Å². The topological polar surface area (TPSA) is 102 Å². The van der Waals surface area contributed by atoms with Gasteiger partial charge in [-0.2, -0.15) is 0 Å². The van der Waals surface area contributed by atoms with E-state index in [0.29, 0.717) is 17.4 Å². The predicted molar refractivity (Wildman–Crippen MR) is 150 cm³/mol. The Morgan fingerprint density at radius 1 is 0.865 bits per heavy atom. The molecule has 0 rings (SSSR count). The van der Waals surface area contributed by atoms with Crippen molar-refractivity contribution in [3.8, 4) is 0 Å². The number of nitrogens with zero attached hydrogens (tertiary/aromatic N) is 1. The average molecular weight is 545 g/mol. The summed E-state index contributed by atoms with van der Waals surface area (Å²) in [4.78, 5) is 21.7. The molecule has 37 heavy (non-hydrogen) atoms. The molecule has 0 saturated heterocycles. The fourth-order valence-corrected chi connectivity index (χ4v) is 3.68. The number of ether oxygens (including phenoxy) is 1. The highest BCUT2D eigenvalue weighted by Crippen LogP contribution is 2.43. The highest BCUT2D eigenvalue weighted by molar-refractivity contribution is 7.47. The first-order chi connectivity index (χ1) is 17.6. The summed E-state index contributed by atoms with van der Waals surface area (Å²) >= 11 is 0. The Labute approximate surface area is 224 Å². The number of aliphatic hydroxyl groups excluding tert-OH is 1. The predicted octanol–water partition coefficient (Wildman–Crippen LogP) is 5.88. The molecule has 0 fully saturated rings. The molecule has 0 heterocycles. The largest absolute Gasteiger partial charge is 0.472 e. The molecule has 0 amide bonds. The van der Waals surface area contributed by atoms with Crippen LogP contribution in [-0.2, 0) is 23.1 Å². The summed E-state index contributed by atoms with van der Waals surface area (Å²) in [7, 11) is 1.50. The van der Waals surface area contributed by atoms with Gasteiger partial charge in [0.05, 0.1) is 34.4 Å². The molecule has 0 aromatic rings. The molecule has 1 unspecified atom stereocenters. The first-order valence-corrected chi connectivity index (χ1v) is 14.9. The molecule has 0 aromatic carbocycles. The van der Waals surface area contributed by atoms with Crippen molar-refractivity contribution < 1.29 is 37.6 Å². The van der Waals surface area contributed by atoms with Gasteiger partial charge in [-0.25, -0.2) is 4.57 Å². The normalized spacial score (nSPS) is 15.3. The lowest BCUT2D eigenvalue weighted by Crippen LogP contribution is -2.37. The molecular formula is C28H51NO7P+. The number of hydrogen-bond acceptors (Lipinski definition) is 6. The lowest BCUT2D eigenvalue weighted by atomic mass is 10.2. The number of esters is 1. The Kier molecular flexibility index (Phi) is 21.5. The molecule has 8 nitrogen and oxygen atoms in total. The van der Waals surface area contributed by atoms with E-state index < -0.39 is 33.1 Å². The standard InChI is InChI=1S/C28H50NO7P/c1-5-6-7-8-9-10-11-12-13-14-15-16-17-18-19-20-21-22-28(31)36-27(25-30)26-35-37(32,33)34-24-23-29(2,3)4/h9-10,12-13,15-16,18-19,27,30H,5-8,11,14,17,20-26H2,1-4H3/p+1/b10-9-,13-12-,16-15-,19-18-/t27-/m0/s1. The van der Waals surface area contributed by atoms with Crippen molar-refractivity contribution in [2.75, 3.05) is 47.5 Å². The zero-order chi connectivity index (χ0) is 27.8. The fraction of sp³-hybridized carbons (Fsp3) is 0.679. The summed E-state index contributed by atoms with van der Waals surface area (Å²) in [5.41, 5.74) is 0. The molecule has 2 atom stereocenters. The molecule has 9 heteroatoms. The van der Waals surface area contributed by atoms with Crippen molar-refractivity contribution in [3.05, 3.63) is 48.6 Å². The summed E-state index contributed by atoms with van der Waals surface area (Å²) in [5, 5.41) is 9.38. The maximum absolute atomic E-state index is 12.0. The average Bonchev–Trinajstić information content (AvgIpc) is 2.82. The molecule has 0 aliphatic heterocycles. The van der Waals surface area contributed by atoms with Gasteiger partial charge in [0.25, 0.3) is 0 Å². The number of carbonyl (C=O) groups is 1. The van der Waals surface area contributed by atoms with Crippen molar-refractivity contribution in [1.82, 2.24) is 0 Å². The lowest BCUT2D eigenvalue weighted by Gasteiger charge is -2.24. The number of aliphatic hydroxyl groups is 1. The van der Waals surface area contributed by atoms with Gasteiger partial charge >= 0.3 is 13.8 Å². The van der Waals surface area contributed by atoms with Gasteiger partial charge in [-0.3, -0.25) is 13.8 Å². The third kappa shape index (κ3) is 25.9. The van der Waals surface area contributed by atoms with Crippen LogP contribution in [0, 0.1) is 0 Å². The smallest absolute Gasteiger partial charge is 0.457 e. The minimum atomic E-state index is -4.28. The van der Waals surface area contributed by atoms with Crippen LogP contribution in [0.3, 0.4) is 0 Å². The van der Waals surface area contributed by atoms with Gasteiger partial charge in [-0.15, -0.1) is 0 Å². The number of phosphoric acid groups is 1. The first-order valence-electron chi connectivity index (χ1n) is 13.4. The maximum Gasteiger partial charge on any atom is 0.472 e. The van der Waals surface area contributed by atoms with Gasteiger partial charge in [0.2, 0.25) is 0 Å². The van der Waals surface area contributed by atoms with Gasteiger partial charge < -0.3 is 19.2 Å². The van der Waals surface area contributed by atoms with Crippen LogP contribution in [-0.4, -0.2) is 74.1 Å². The molecule has 2 N–H and O–H groups in total. The van der Waals surface area contributed by atoms with E-state index in [4.69, 9.17) is 13.8 Å². The highest BCUT2D eigenvalue weighted by atomic mass is 31.2. The van der Waals surface area contributed by atoms with Crippen molar-refractivity contribution in [1.29, 1.82) is 0 Å². The zero-order valence-electron chi connectivity index (χ0n) is 23.4. The number of carbonyl (C=O) groups excluding carboxylic acids is 1. The van der Waals surface area contributed by atoms with E-state index in [1.54, 1.807) is 0 Å². The number of quaternary nitrogens is 1. The molecule has 0 aliphatic rings. The van der Waals surface area contributed by atoms with E-state index in [-0.39, 0.29) is 13.0 Å². The Morgan fingerprint density at radius 2 is 1.41 bits per heavy atom. The van der Waals surface area contributed by atoms with Crippen molar-refractivity contribution in [2.24, 2.45) is 0 Å². The minimum absolute atomic E-state index is 0.0400. The molecule has 0 aliphatic carbocycles. The molecule has 0 saturated carbocycles. The molecule has 0 bridgehead atoms. The number of likely N-dealkylation sites (N-methyl/N-ethyl adjacent to an activating group) is 1. The van der Waals surface area contributed by atoms with Crippen molar-refractivity contribution in [3.63, 3.8) is 0 Å². The van der Waals surface area contributed by atoms with E-state index >= 15 is 0 Å². The second kappa shape index (κ2) is 22.4. The number of unbranched alkanes of at least 4 members (excludes halogenated alkanes) is 4. The zero-order valence-corrected chi connectivity index (χ0v) is 24.3. The van der Waals surface area contributed by atoms with Gasteiger partial charge in [0.1, 0.15) is 19.3 Å². The summed E-state index contributed by atoms with van der Waals surface area (Å²) in [6.45, 7) is 1.85. The number of rotatable bonds is 23. The van der Waals surface area contributed by atoms with Gasteiger partial charge in [-0.1, -0.05) is 68.4 Å². The van der Waals surface area contributed by atoms with Crippen LogP contribution in [0.5, 0.6) is 0 Å². The van der Waals surface area contributed by atoms with Crippen LogP contribution in [0.1, 0.15) is 71.1 Å². The van der Waals surface area contributed by atoms with E-state index in [1.165, 1.54) is 25.7 Å².